The maximum Gasteiger partial charge on any atom is 0.318 e. The lowest BCUT2D eigenvalue weighted by Crippen LogP contribution is -2.55. The number of hydrogen-bond donors (Lipinski definition) is 0. The molecule has 0 aliphatic carbocycles. The van der Waals surface area contributed by atoms with Gasteiger partial charge in [-0.1, -0.05) is 43.0 Å². The molecule has 0 radical (unpaired) electrons. The van der Waals surface area contributed by atoms with E-state index in [0.29, 0.717) is 38.3 Å². The van der Waals surface area contributed by atoms with Gasteiger partial charge in [0.05, 0.1) is 24.2 Å². The number of fused-ring (bicyclic) bond motifs is 2. The summed E-state index contributed by atoms with van der Waals surface area (Å²) >= 11 is 0. The van der Waals surface area contributed by atoms with Gasteiger partial charge in [-0.15, -0.1) is 0 Å². The van der Waals surface area contributed by atoms with E-state index in [2.05, 4.69) is 76.9 Å². The Morgan fingerprint density at radius 3 is 2.69 bits per heavy atom. The molecule has 42 heavy (non-hydrogen) atoms. The van der Waals surface area contributed by atoms with Crippen LogP contribution in [0.25, 0.3) is 10.8 Å². The number of nitriles is 1. The molecule has 2 atom stereocenters. The molecular formula is C33H39N7O2. The van der Waals surface area contributed by atoms with Gasteiger partial charge in [0.1, 0.15) is 12.4 Å². The molecule has 4 heterocycles. The van der Waals surface area contributed by atoms with Crippen LogP contribution in [0.5, 0.6) is 6.01 Å². The first-order valence-electron chi connectivity index (χ1n) is 15.1. The molecule has 0 unspecified atom stereocenters. The van der Waals surface area contributed by atoms with Crippen molar-refractivity contribution in [3.8, 4) is 12.1 Å². The van der Waals surface area contributed by atoms with Gasteiger partial charge in [0.15, 0.2) is 0 Å². The zero-order chi connectivity index (χ0) is 29.1. The molecule has 1 aromatic heterocycles. The molecule has 0 spiro atoms. The number of ether oxygens (including phenoxy) is 1. The third-order valence-corrected chi connectivity index (χ3v) is 9.05. The number of nitrogens with zero attached hydrogens (tertiary/aromatic N) is 7. The predicted molar refractivity (Wildman–Crippen MR) is 165 cm³/mol. The average Bonchev–Trinajstić information content (AvgIpc) is 3.31. The van der Waals surface area contributed by atoms with Gasteiger partial charge in [-0.3, -0.25) is 4.79 Å². The Hall–Kier alpha value is -4.16. The summed E-state index contributed by atoms with van der Waals surface area (Å²) in [6, 6.07) is 17.9. The first kappa shape index (κ1) is 28.0. The van der Waals surface area contributed by atoms with E-state index in [-0.39, 0.29) is 18.4 Å². The molecule has 3 aliphatic rings. The number of anilines is 2. The zero-order valence-electron chi connectivity index (χ0n) is 24.4. The third kappa shape index (κ3) is 5.64. The van der Waals surface area contributed by atoms with Crippen molar-refractivity contribution in [3.63, 3.8) is 0 Å². The number of benzene rings is 2. The Morgan fingerprint density at radius 1 is 1.05 bits per heavy atom. The monoisotopic (exact) mass is 565 g/mol. The van der Waals surface area contributed by atoms with Gasteiger partial charge in [-0.05, 0) is 50.4 Å². The summed E-state index contributed by atoms with van der Waals surface area (Å²) in [5.41, 5.74) is 3.41. The molecule has 9 heteroatoms. The van der Waals surface area contributed by atoms with E-state index in [1.54, 1.807) is 4.90 Å². The first-order chi connectivity index (χ1) is 20.6. The molecule has 3 aromatic rings. The number of amides is 1. The number of carbonyl (C=O) groups excluding carboxylic acids is 1. The second-order valence-electron chi connectivity index (χ2n) is 11.5. The van der Waals surface area contributed by atoms with Gasteiger partial charge in [-0.25, -0.2) is 0 Å². The van der Waals surface area contributed by atoms with E-state index in [9.17, 15) is 10.1 Å². The number of piperazine rings is 1. The number of rotatable bonds is 7. The van der Waals surface area contributed by atoms with E-state index < -0.39 is 0 Å². The highest BCUT2D eigenvalue weighted by molar-refractivity contribution is 5.94. The van der Waals surface area contributed by atoms with E-state index in [1.165, 1.54) is 29.0 Å². The van der Waals surface area contributed by atoms with E-state index in [1.807, 2.05) is 0 Å². The number of likely N-dealkylation sites (N-methyl/N-ethyl adjacent to an activating group) is 1. The second kappa shape index (κ2) is 12.4. The summed E-state index contributed by atoms with van der Waals surface area (Å²) < 4.78 is 6.28. The van der Waals surface area contributed by atoms with Gasteiger partial charge in [0.25, 0.3) is 0 Å². The summed E-state index contributed by atoms with van der Waals surface area (Å²) in [5.74, 6) is 0.745. The van der Waals surface area contributed by atoms with Crippen LogP contribution in [0.2, 0.25) is 0 Å². The van der Waals surface area contributed by atoms with Crippen LogP contribution in [0, 0.1) is 11.3 Å². The fraction of sp³-hybridized carbons (Fsp3) is 0.455. The van der Waals surface area contributed by atoms with E-state index in [0.717, 1.165) is 56.0 Å². The fourth-order valence-electron chi connectivity index (χ4n) is 6.70. The van der Waals surface area contributed by atoms with Crippen LogP contribution in [0.15, 0.2) is 55.1 Å². The lowest BCUT2D eigenvalue weighted by molar-refractivity contribution is -0.128. The average molecular weight is 566 g/mol. The lowest BCUT2D eigenvalue weighted by atomic mass is 10.1. The minimum absolute atomic E-state index is 0.133. The van der Waals surface area contributed by atoms with Gasteiger partial charge < -0.3 is 24.3 Å². The Balaban J connectivity index is 1.31. The topological polar surface area (TPSA) is 88.8 Å². The molecule has 6 rings (SSSR count). The summed E-state index contributed by atoms with van der Waals surface area (Å²) in [4.78, 5) is 31.4. The highest BCUT2D eigenvalue weighted by Crippen LogP contribution is 2.33. The molecule has 0 bridgehead atoms. The van der Waals surface area contributed by atoms with Crippen LogP contribution in [-0.2, 0) is 17.6 Å². The fourth-order valence-corrected chi connectivity index (χ4v) is 6.70. The molecule has 1 amide bonds. The van der Waals surface area contributed by atoms with Gasteiger partial charge >= 0.3 is 6.01 Å². The Labute approximate surface area is 248 Å². The number of hydrogen-bond acceptors (Lipinski definition) is 8. The van der Waals surface area contributed by atoms with Crippen molar-refractivity contribution in [1.29, 1.82) is 5.26 Å². The van der Waals surface area contributed by atoms with Crippen LogP contribution in [0.4, 0.5) is 11.5 Å². The first-order valence-corrected chi connectivity index (χ1v) is 15.1. The smallest absolute Gasteiger partial charge is 0.318 e. The molecule has 9 nitrogen and oxygen atoms in total. The summed E-state index contributed by atoms with van der Waals surface area (Å²) in [7, 11) is 2.14. The van der Waals surface area contributed by atoms with Gasteiger partial charge in [-0.2, -0.15) is 15.2 Å². The Kier molecular flexibility index (Phi) is 8.24. The van der Waals surface area contributed by atoms with Crippen molar-refractivity contribution in [2.75, 3.05) is 62.7 Å². The highest BCUT2D eigenvalue weighted by atomic mass is 16.5. The summed E-state index contributed by atoms with van der Waals surface area (Å²) in [5, 5.41) is 12.0. The van der Waals surface area contributed by atoms with Crippen molar-refractivity contribution in [2.45, 2.75) is 44.2 Å². The van der Waals surface area contributed by atoms with Gasteiger partial charge in [0.2, 0.25) is 5.91 Å². The number of aromatic nitrogens is 2. The van der Waals surface area contributed by atoms with Crippen LogP contribution < -0.4 is 14.5 Å². The number of likely N-dealkylation sites (tertiary alicyclic amines) is 1. The third-order valence-electron chi connectivity index (χ3n) is 9.05. The molecule has 218 valence electrons. The largest absolute Gasteiger partial charge is 0.462 e. The molecule has 3 aliphatic heterocycles. The lowest BCUT2D eigenvalue weighted by Gasteiger charge is -2.41. The highest BCUT2D eigenvalue weighted by Gasteiger charge is 2.33. The standard InChI is InChI=1S/C33H39N7O2/c1-3-31(41)40-21-20-39(22-25(40)13-16-34)32-28-14-18-38(30-12-6-9-24-8-4-5-11-27(24)30)19-15-29(28)35-33(36-32)42-23-26-10-7-17-37(26)2/h3-6,8-9,11-12,25-26H,1,7,10,13-15,17-23H2,2H3/t25-,26-/m0/s1. The molecule has 2 aromatic carbocycles. The van der Waals surface area contributed by atoms with Crippen molar-refractivity contribution >= 4 is 28.2 Å². The van der Waals surface area contributed by atoms with E-state index in [4.69, 9.17) is 14.7 Å². The van der Waals surface area contributed by atoms with Crippen LogP contribution in [-0.4, -0.2) is 90.7 Å². The van der Waals surface area contributed by atoms with Crippen molar-refractivity contribution in [3.05, 3.63) is 66.4 Å². The van der Waals surface area contributed by atoms with Gasteiger partial charge in [0, 0.05) is 61.8 Å². The number of carbonyl (C=O) groups is 1. The molecule has 0 N–H and O–H groups in total. The van der Waals surface area contributed by atoms with Crippen molar-refractivity contribution < 1.29 is 9.53 Å². The Morgan fingerprint density at radius 2 is 1.88 bits per heavy atom. The minimum atomic E-state index is -0.227. The normalized spacial score (nSPS) is 21.1. The Bertz CT molecular complexity index is 1500. The SMILES string of the molecule is C=CC(=O)N1CCN(c2nc(OC[C@@H]3CCCN3C)nc3c2CCN(c2cccc4ccccc24)CC3)C[C@@H]1CC#N. The predicted octanol–water partition coefficient (Wildman–Crippen LogP) is 3.82. The zero-order valence-corrected chi connectivity index (χ0v) is 24.4. The molecule has 0 saturated carbocycles. The van der Waals surface area contributed by atoms with Crippen LogP contribution in [0.1, 0.15) is 30.5 Å². The minimum Gasteiger partial charge on any atom is -0.462 e. The second-order valence-corrected chi connectivity index (χ2v) is 11.5. The van der Waals surface area contributed by atoms with Crippen LogP contribution in [0.3, 0.4) is 0 Å². The van der Waals surface area contributed by atoms with Crippen molar-refractivity contribution in [2.24, 2.45) is 0 Å². The summed E-state index contributed by atoms with van der Waals surface area (Å²) in [6.07, 6.45) is 5.47. The maximum atomic E-state index is 12.6. The molecular weight excluding hydrogens is 526 g/mol. The van der Waals surface area contributed by atoms with Crippen molar-refractivity contribution in [1.82, 2.24) is 19.8 Å². The summed E-state index contributed by atoms with van der Waals surface area (Å²) in [6.45, 7) is 8.69. The van der Waals surface area contributed by atoms with Crippen LogP contribution >= 0.6 is 0 Å². The molecule has 2 fully saturated rings. The maximum absolute atomic E-state index is 12.6. The van der Waals surface area contributed by atoms with E-state index >= 15 is 0 Å². The molecule has 2 saturated heterocycles. The quantitative estimate of drug-likeness (QED) is 0.400.